The van der Waals surface area contributed by atoms with E-state index in [9.17, 15) is 0 Å². The minimum absolute atomic E-state index is 0.306. The van der Waals surface area contributed by atoms with Gasteiger partial charge in [-0.2, -0.15) is 5.10 Å². The summed E-state index contributed by atoms with van der Waals surface area (Å²) in [6.07, 6.45) is 1.75. The molecule has 0 atom stereocenters. The van der Waals surface area contributed by atoms with E-state index in [-0.39, 0.29) is 0 Å². The van der Waals surface area contributed by atoms with Gasteiger partial charge in [0.15, 0.2) is 11.5 Å². The summed E-state index contributed by atoms with van der Waals surface area (Å²) in [5, 5.41) is 4.39. The Kier molecular flexibility index (Phi) is 3.78. The Morgan fingerprint density at radius 3 is 3.00 bits per heavy atom. The van der Waals surface area contributed by atoms with Crippen LogP contribution in [-0.4, -0.2) is 22.5 Å². The van der Waals surface area contributed by atoms with Crippen molar-refractivity contribution in [2.45, 2.75) is 19.8 Å². The largest absolute Gasteiger partial charge is 0.454 e. The van der Waals surface area contributed by atoms with Crippen LogP contribution in [0.5, 0.6) is 11.5 Å². The Balaban J connectivity index is 1.37. The molecule has 122 valence electrons. The smallest absolute Gasteiger partial charge is 0.231 e. The van der Waals surface area contributed by atoms with Crippen LogP contribution in [0, 0.1) is 0 Å². The topological polar surface area (TPSA) is 71.5 Å². The number of hydrogen-bond donors (Lipinski definition) is 2. The second-order valence-corrected chi connectivity index (χ2v) is 5.75. The van der Waals surface area contributed by atoms with Crippen LogP contribution in [0.1, 0.15) is 18.9 Å². The number of rotatable bonds is 5. The second-order valence-electron chi connectivity index (χ2n) is 5.75. The van der Waals surface area contributed by atoms with Gasteiger partial charge in [0.2, 0.25) is 12.7 Å². The molecule has 6 nitrogen and oxygen atoms in total. The average Bonchev–Trinajstić information content (AvgIpc) is 3.23. The highest BCUT2D eigenvalue weighted by molar-refractivity contribution is 5.83. The number of fused-ring (bicyclic) bond motifs is 2. The van der Waals surface area contributed by atoms with Gasteiger partial charge in [-0.05, 0) is 49.6 Å². The number of nitrogens with zero attached hydrogens (tertiary/aromatic N) is 2. The minimum Gasteiger partial charge on any atom is -0.454 e. The van der Waals surface area contributed by atoms with Gasteiger partial charge in [-0.15, -0.1) is 0 Å². The number of aryl methyl sites for hydroxylation is 1. The van der Waals surface area contributed by atoms with E-state index in [4.69, 9.17) is 9.47 Å². The number of ether oxygens (including phenoxy) is 2. The van der Waals surface area contributed by atoms with Gasteiger partial charge < -0.3 is 14.5 Å². The summed E-state index contributed by atoms with van der Waals surface area (Å²) in [4.78, 5) is 7.63. The predicted molar refractivity (Wildman–Crippen MR) is 93.7 cm³/mol. The molecular weight excluding hydrogens is 304 g/mol. The number of hydrazone groups is 1. The van der Waals surface area contributed by atoms with Crippen molar-refractivity contribution in [3.63, 3.8) is 0 Å². The number of H-pyrrole nitrogens is 1. The van der Waals surface area contributed by atoms with Crippen LogP contribution in [0.4, 0.5) is 5.95 Å². The monoisotopic (exact) mass is 322 g/mol. The SMILES string of the molecule is C/C(CCc1ccc2c(c1)OCO2)=N/Nc1nc2ccccc2[nH]1. The molecule has 0 saturated carbocycles. The highest BCUT2D eigenvalue weighted by atomic mass is 16.7. The summed E-state index contributed by atoms with van der Waals surface area (Å²) in [6, 6.07) is 13.9. The summed E-state index contributed by atoms with van der Waals surface area (Å²) < 4.78 is 10.7. The molecule has 0 radical (unpaired) electrons. The van der Waals surface area contributed by atoms with Gasteiger partial charge in [0.25, 0.3) is 0 Å². The third-order valence-electron chi connectivity index (χ3n) is 3.95. The van der Waals surface area contributed by atoms with E-state index in [2.05, 4.69) is 26.6 Å². The molecule has 2 heterocycles. The van der Waals surface area contributed by atoms with Crippen LogP contribution in [0.2, 0.25) is 0 Å². The average molecular weight is 322 g/mol. The molecule has 0 saturated heterocycles. The first-order valence-corrected chi connectivity index (χ1v) is 7.90. The third-order valence-corrected chi connectivity index (χ3v) is 3.95. The molecule has 0 aliphatic carbocycles. The molecule has 0 unspecified atom stereocenters. The van der Waals surface area contributed by atoms with Crippen molar-refractivity contribution in [1.29, 1.82) is 0 Å². The number of nitrogens with one attached hydrogen (secondary N) is 2. The lowest BCUT2D eigenvalue weighted by Gasteiger charge is -2.03. The van der Waals surface area contributed by atoms with Crippen molar-refractivity contribution in [3.05, 3.63) is 48.0 Å². The Labute approximate surface area is 139 Å². The van der Waals surface area contributed by atoms with Crippen molar-refractivity contribution in [2.75, 3.05) is 12.2 Å². The van der Waals surface area contributed by atoms with Crippen LogP contribution in [0.25, 0.3) is 11.0 Å². The minimum atomic E-state index is 0.306. The second kappa shape index (κ2) is 6.23. The third kappa shape index (κ3) is 3.03. The molecule has 24 heavy (non-hydrogen) atoms. The van der Waals surface area contributed by atoms with Gasteiger partial charge in [-0.3, -0.25) is 0 Å². The summed E-state index contributed by atoms with van der Waals surface area (Å²) >= 11 is 0. The Bertz CT molecular complexity index is 868. The van der Waals surface area contributed by atoms with Crippen molar-refractivity contribution in [1.82, 2.24) is 9.97 Å². The van der Waals surface area contributed by atoms with Gasteiger partial charge in [0.1, 0.15) is 0 Å². The highest BCUT2D eigenvalue weighted by Crippen LogP contribution is 2.32. The lowest BCUT2D eigenvalue weighted by atomic mass is 10.1. The van der Waals surface area contributed by atoms with Crippen molar-refractivity contribution >= 4 is 22.7 Å². The maximum Gasteiger partial charge on any atom is 0.231 e. The van der Waals surface area contributed by atoms with Crippen LogP contribution in [-0.2, 0) is 6.42 Å². The molecule has 1 aliphatic rings. The van der Waals surface area contributed by atoms with Crippen molar-refractivity contribution in [2.24, 2.45) is 5.10 Å². The Morgan fingerprint density at radius 1 is 1.21 bits per heavy atom. The molecule has 0 bridgehead atoms. The summed E-state index contributed by atoms with van der Waals surface area (Å²) in [5.74, 6) is 2.29. The van der Waals surface area contributed by atoms with Gasteiger partial charge in [0, 0.05) is 5.71 Å². The lowest BCUT2D eigenvalue weighted by Crippen LogP contribution is -2.00. The molecule has 0 spiro atoms. The number of aromatic nitrogens is 2. The van der Waals surface area contributed by atoms with E-state index in [1.807, 2.05) is 43.3 Å². The highest BCUT2D eigenvalue weighted by Gasteiger charge is 2.13. The molecule has 4 rings (SSSR count). The van der Waals surface area contributed by atoms with Gasteiger partial charge in [-0.25, -0.2) is 10.4 Å². The molecule has 1 aromatic heterocycles. The molecule has 2 N–H and O–H groups in total. The number of hydrogen-bond acceptors (Lipinski definition) is 5. The summed E-state index contributed by atoms with van der Waals surface area (Å²) in [7, 11) is 0. The standard InChI is InChI=1S/C18H18N4O2/c1-12(6-7-13-8-9-16-17(10-13)24-11-23-16)21-22-18-19-14-4-2-3-5-15(14)20-18/h2-5,8-10H,6-7,11H2,1H3,(H2,19,20,22)/b21-12-. The number of anilines is 1. The van der Waals surface area contributed by atoms with Crippen LogP contribution < -0.4 is 14.9 Å². The van der Waals surface area contributed by atoms with E-state index in [0.717, 1.165) is 41.1 Å². The molecule has 0 amide bonds. The molecule has 0 fully saturated rings. The Morgan fingerprint density at radius 2 is 2.08 bits per heavy atom. The van der Waals surface area contributed by atoms with E-state index in [1.165, 1.54) is 5.56 Å². The first kappa shape index (κ1) is 14.6. The number of aromatic amines is 1. The van der Waals surface area contributed by atoms with Crippen LogP contribution in [0.3, 0.4) is 0 Å². The van der Waals surface area contributed by atoms with Crippen molar-refractivity contribution in [3.8, 4) is 11.5 Å². The number of imidazole rings is 1. The number of benzene rings is 2. The van der Waals surface area contributed by atoms with Gasteiger partial charge in [0.05, 0.1) is 11.0 Å². The number of para-hydroxylation sites is 2. The first-order valence-electron chi connectivity index (χ1n) is 7.90. The first-order chi connectivity index (χ1) is 11.8. The maximum atomic E-state index is 5.40. The van der Waals surface area contributed by atoms with E-state index >= 15 is 0 Å². The fourth-order valence-corrected chi connectivity index (χ4v) is 2.63. The normalized spacial score (nSPS) is 13.5. The van der Waals surface area contributed by atoms with Crippen LogP contribution in [0.15, 0.2) is 47.6 Å². The molecule has 1 aliphatic heterocycles. The fourth-order valence-electron chi connectivity index (χ4n) is 2.63. The van der Waals surface area contributed by atoms with Crippen LogP contribution >= 0.6 is 0 Å². The molecular formula is C18H18N4O2. The van der Waals surface area contributed by atoms with E-state index < -0.39 is 0 Å². The van der Waals surface area contributed by atoms with Gasteiger partial charge >= 0.3 is 0 Å². The Hall–Kier alpha value is -3.02. The zero-order valence-corrected chi connectivity index (χ0v) is 13.4. The van der Waals surface area contributed by atoms with Crippen molar-refractivity contribution < 1.29 is 9.47 Å². The summed E-state index contributed by atoms with van der Waals surface area (Å²) in [5.41, 5.74) is 7.12. The predicted octanol–water partition coefficient (Wildman–Crippen LogP) is 3.71. The van der Waals surface area contributed by atoms with E-state index in [0.29, 0.717) is 12.7 Å². The molecule has 2 aromatic carbocycles. The zero-order valence-electron chi connectivity index (χ0n) is 13.4. The maximum absolute atomic E-state index is 5.40. The fraction of sp³-hybridized carbons (Fsp3) is 0.222. The molecule has 3 aromatic rings. The molecule has 6 heteroatoms. The lowest BCUT2D eigenvalue weighted by molar-refractivity contribution is 0.174. The quantitative estimate of drug-likeness (QED) is 0.555. The summed E-state index contributed by atoms with van der Waals surface area (Å²) in [6.45, 7) is 2.31. The zero-order chi connectivity index (χ0) is 16.4. The van der Waals surface area contributed by atoms with E-state index in [1.54, 1.807) is 0 Å². The van der Waals surface area contributed by atoms with Gasteiger partial charge in [-0.1, -0.05) is 18.2 Å².